The van der Waals surface area contributed by atoms with Crippen molar-refractivity contribution in [2.24, 2.45) is 0 Å². The molecule has 0 spiro atoms. The number of aromatic nitrogens is 1. The highest BCUT2D eigenvalue weighted by Gasteiger charge is 2.34. The van der Waals surface area contributed by atoms with Crippen LogP contribution in [-0.4, -0.2) is 41.2 Å². The molecule has 1 saturated carbocycles. The van der Waals surface area contributed by atoms with Crippen molar-refractivity contribution in [1.82, 2.24) is 10.3 Å². The molecule has 114 valence electrons. The van der Waals surface area contributed by atoms with Crippen LogP contribution in [0.2, 0.25) is 5.15 Å². The van der Waals surface area contributed by atoms with Crippen LogP contribution in [0.4, 0.5) is 5.82 Å². The zero-order valence-corrected chi connectivity index (χ0v) is 12.7. The van der Waals surface area contributed by atoms with Gasteiger partial charge in [-0.3, -0.25) is 4.79 Å². The molecule has 5 nitrogen and oxygen atoms in total. The van der Waals surface area contributed by atoms with E-state index in [1.165, 1.54) is 0 Å². The first-order valence-electron chi connectivity index (χ1n) is 7.49. The second kappa shape index (κ2) is 5.81. The van der Waals surface area contributed by atoms with Gasteiger partial charge in [0.25, 0.3) is 5.91 Å². The molecule has 0 radical (unpaired) electrons. The fourth-order valence-corrected chi connectivity index (χ4v) is 3.04. The van der Waals surface area contributed by atoms with Gasteiger partial charge < -0.3 is 15.3 Å². The van der Waals surface area contributed by atoms with E-state index in [9.17, 15) is 9.90 Å². The molecule has 0 aromatic carbocycles. The van der Waals surface area contributed by atoms with Crippen LogP contribution < -0.4 is 10.2 Å². The fourth-order valence-electron chi connectivity index (χ4n) is 2.83. The summed E-state index contributed by atoms with van der Waals surface area (Å²) in [6, 6.07) is 3.35. The maximum absolute atomic E-state index is 12.2. The molecule has 2 aliphatic rings. The van der Waals surface area contributed by atoms with Crippen molar-refractivity contribution < 1.29 is 9.90 Å². The number of rotatable bonds is 4. The average Bonchev–Trinajstić information content (AvgIpc) is 2.96. The van der Waals surface area contributed by atoms with E-state index in [1.54, 1.807) is 12.1 Å². The number of amides is 1. The molecule has 0 bridgehead atoms. The second-order valence-corrected chi connectivity index (χ2v) is 6.38. The number of pyridine rings is 1. The van der Waals surface area contributed by atoms with E-state index in [4.69, 9.17) is 11.6 Å². The minimum atomic E-state index is -0.718. The van der Waals surface area contributed by atoms with Crippen molar-refractivity contribution in [2.45, 2.75) is 37.7 Å². The summed E-state index contributed by atoms with van der Waals surface area (Å²) in [4.78, 5) is 18.7. The van der Waals surface area contributed by atoms with Gasteiger partial charge in [-0.2, -0.15) is 0 Å². The second-order valence-electron chi connectivity index (χ2n) is 5.99. The summed E-state index contributed by atoms with van der Waals surface area (Å²) in [5.41, 5.74) is -0.218. The number of aliphatic hydroxyl groups is 1. The summed E-state index contributed by atoms with van der Waals surface area (Å²) in [6.07, 6.45) is 4.81. The van der Waals surface area contributed by atoms with Crippen molar-refractivity contribution >= 4 is 23.3 Å². The van der Waals surface area contributed by atoms with Crippen molar-refractivity contribution in [3.63, 3.8) is 0 Å². The predicted octanol–water partition coefficient (Wildman–Crippen LogP) is 1.98. The molecule has 1 aromatic rings. The minimum absolute atomic E-state index is 0.208. The number of halogens is 1. The van der Waals surface area contributed by atoms with E-state index in [2.05, 4.69) is 15.2 Å². The highest BCUT2D eigenvalue weighted by Crippen LogP contribution is 2.30. The zero-order chi connectivity index (χ0) is 14.9. The van der Waals surface area contributed by atoms with Crippen molar-refractivity contribution in [2.75, 3.05) is 24.5 Å². The monoisotopic (exact) mass is 309 g/mol. The van der Waals surface area contributed by atoms with Gasteiger partial charge in [0.2, 0.25) is 0 Å². The third kappa shape index (κ3) is 3.30. The molecule has 1 aliphatic heterocycles. The molecule has 1 aliphatic carbocycles. The molecular weight excluding hydrogens is 290 g/mol. The number of nitrogens with one attached hydrogen (secondary N) is 1. The summed E-state index contributed by atoms with van der Waals surface area (Å²) < 4.78 is 0. The van der Waals surface area contributed by atoms with E-state index < -0.39 is 5.60 Å². The highest BCUT2D eigenvalue weighted by molar-refractivity contribution is 6.29. The Morgan fingerprint density at radius 1 is 1.33 bits per heavy atom. The Morgan fingerprint density at radius 2 is 2.05 bits per heavy atom. The quantitative estimate of drug-likeness (QED) is 0.835. The Bertz CT molecular complexity index is 540. The maximum atomic E-state index is 12.2. The van der Waals surface area contributed by atoms with Gasteiger partial charge in [-0.1, -0.05) is 11.6 Å². The summed E-state index contributed by atoms with van der Waals surface area (Å²) in [7, 11) is 0. The van der Waals surface area contributed by atoms with E-state index in [1.807, 2.05) is 0 Å². The number of anilines is 1. The molecule has 2 N–H and O–H groups in total. The minimum Gasteiger partial charge on any atom is -0.388 e. The molecule has 0 atom stereocenters. The lowest BCUT2D eigenvalue weighted by atomic mass is 9.80. The van der Waals surface area contributed by atoms with Gasteiger partial charge >= 0.3 is 0 Å². The van der Waals surface area contributed by atoms with Crippen molar-refractivity contribution in [3.8, 4) is 0 Å². The highest BCUT2D eigenvalue weighted by atomic mass is 35.5. The molecule has 2 heterocycles. The van der Waals surface area contributed by atoms with Crippen molar-refractivity contribution in [3.05, 3.63) is 22.8 Å². The summed E-state index contributed by atoms with van der Waals surface area (Å²) in [5.74, 6) is 0.549. The average molecular weight is 310 g/mol. The molecule has 2 fully saturated rings. The molecule has 1 aromatic heterocycles. The van der Waals surface area contributed by atoms with Crippen LogP contribution in [0.25, 0.3) is 0 Å². The molecule has 1 saturated heterocycles. The normalized spacial score (nSPS) is 20.2. The summed E-state index contributed by atoms with van der Waals surface area (Å²) in [5, 5.41) is 13.1. The molecule has 21 heavy (non-hydrogen) atoms. The molecule has 3 rings (SSSR count). The lowest BCUT2D eigenvalue weighted by molar-refractivity contribution is -0.0300. The number of carbonyl (C=O) groups excluding carboxylic acids is 1. The first-order chi connectivity index (χ1) is 10.1. The molecule has 0 unspecified atom stereocenters. The first kappa shape index (κ1) is 14.6. The van der Waals surface area contributed by atoms with Crippen LogP contribution in [0.5, 0.6) is 0 Å². The van der Waals surface area contributed by atoms with Crippen LogP contribution in [0.15, 0.2) is 12.1 Å². The Balaban J connectivity index is 1.69. The van der Waals surface area contributed by atoms with Gasteiger partial charge in [0.1, 0.15) is 11.0 Å². The maximum Gasteiger partial charge on any atom is 0.251 e. The summed E-state index contributed by atoms with van der Waals surface area (Å²) >= 11 is 6.03. The van der Waals surface area contributed by atoms with Crippen LogP contribution in [0, 0.1) is 0 Å². The first-order valence-corrected chi connectivity index (χ1v) is 7.87. The zero-order valence-electron chi connectivity index (χ0n) is 11.9. The van der Waals surface area contributed by atoms with Gasteiger partial charge in [-0.15, -0.1) is 0 Å². The number of carbonyl (C=O) groups is 1. The summed E-state index contributed by atoms with van der Waals surface area (Å²) in [6.45, 7) is 2.20. The Morgan fingerprint density at radius 3 is 2.67 bits per heavy atom. The lowest BCUT2D eigenvalue weighted by Gasteiger charge is -2.36. The van der Waals surface area contributed by atoms with E-state index in [0.717, 1.165) is 51.0 Å². The SMILES string of the molecule is O=C(NCC1(O)CCC1)c1cc(Cl)nc(N2CCCC2)c1. The molecule has 6 heteroatoms. The predicted molar refractivity (Wildman–Crippen MR) is 81.8 cm³/mol. The van der Waals surface area contributed by atoms with Gasteiger partial charge in [0.15, 0.2) is 0 Å². The Hall–Kier alpha value is -1.33. The van der Waals surface area contributed by atoms with Crippen LogP contribution in [0.1, 0.15) is 42.5 Å². The number of hydrogen-bond acceptors (Lipinski definition) is 4. The van der Waals surface area contributed by atoms with Gasteiger partial charge in [-0.05, 0) is 44.2 Å². The van der Waals surface area contributed by atoms with Gasteiger partial charge in [0.05, 0.1) is 5.60 Å². The van der Waals surface area contributed by atoms with Crippen LogP contribution >= 0.6 is 11.6 Å². The smallest absolute Gasteiger partial charge is 0.251 e. The topological polar surface area (TPSA) is 65.5 Å². The largest absolute Gasteiger partial charge is 0.388 e. The van der Waals surface area contributed by atoms with E-state index >= 15 is 0 Å². The van der Waals surface area contributed by atoms with E-state index in [-0.39, 0.29) is 5.91 Å². The third-order valence-electron chi connectivity index (χ3n) is 4.34. The Labute approximate surface area is 129 Å². The van der Waals surface area contributed by atoms with Crippen LogP contribution in [0.3, 0.4) is 0 Å². The number of nitrogens with zero attached hydrogens (tertiary/aromatic N) is 2. The standard InChI is InChI=1S/C15H20ClN3O2/c16-12-8-11(9-13(18-12)19-6-1-2-7-19)14(20)17-10-15(21)4-3-5-15/h8-9,21H,1-7,10H2,(H,17,20). The molecule has 1 amide bonds. The lowest BCUT2D eigenvalue weighted by Crippen LogP contribution is -2.47. The van der Waals surface area contributed by atoms with Gasteiger partial charge in [-0.25, -0.2) is 4.98 Å². The third-order valence-corrected chi connectivity index (χ3v) is 4.53. The Kier molecular flexibility index (Phi) is 4.04. The molecular formula is C15H20ClN3O2. The van der Waals surface area contributed by atoms with E-state index in [0.29, 0.717) is 17.3 Å². The van der Waals surface area contributed by atoms with Crippen molar-refractivity contribution in [1.29, 1.82) is 0 Å². The fraction of sp³-hybridized carbons (Fsp3) is 0.600. The van der Waals surface area contributed by atoms with Gasteiger partial charge in [0, 0.05) is 25.2 Å². The van der Waals surface area contributed by atoms with Crippen LogP contribution in [-0.2, 0) is 0 Å². The number of hydrogen-bond donors (Lipinski definition) is 2.